The van der Waals surface area contributed by atoms with Crippen molar-refractivity contribution in [2.75, 3.05) is 13.7 Å². The molecule has 3 unspecified atom stereocenters. The van der Waals surface area contributed by atoms with E-state index in [-0.39, 0.29) is 18.4 Å². The van der Waals surface area contributed by atoms with Crippen LogP contribution in [0.1, 0.15) is 43.1 Å². The van der Waals surface area contributed by atoms with E-state index in [4.69, 9.17) is 9.47 Å². The summed E-state index contributed by atoms with van der Waals surface area (Å²) in [5, 5.41) is 12.4. The predicted molar refractivity (Wildman–Crippen MR) is 117 cm³/mol. The molecular weight excluding hydrogens is 420 g/mol. The quantitative estimate of drug-likeness (QED) is 0.361. The zero-order valence-electron chi connectivity index (χ0n) is 18.0. The summed E-state index contributed by atoms with van der Waals surface area (Å²) in [6, 6.07) is 6.42. The van der Waals surface area contributed by atoms with E-state index < -0.39 is 22.7 Å². The Labute approximate surface area is 184 Å². The van der Waals surface area contributed by atoms with Gasteiger partial charge < -0.3 is 9.47 Å². The second kappa shape index (κ2) is 9.44. The second-order valence-electron chi connectivity index (χ2n) is 7.35. The summed E-state index contributed by atoms with van der Waals surface area (Å²) < 4.78 is 14.9. The summed E-state index contributed by atoms with van der Waals surface area (Å²) in [6.45, 7) is 7.17. The van der Waals surface area contributed by atoms with Gasteiger partial charge in [-0.25, -0.2) is 4.98 Å². The number of ether oxygens (including phenoxy) is 2. The van der Waals surface area contributed by atoms with E-state index in [1.165, 1.54) is 24.7 Å². The molecule has 1 aliphatic rings. The minimum Gasteiger partial charge on any atom is -0.462 e. The van der Waals surface area contributed by atoms with Crippen LogP contribution in [0.15, 0.2) is 35.0 Å². The molecule has 0 N–H and O–H groups in total. The van der Waals surface area contributed by atoms with Gasteiger partial charge in [0.05, 0.1) is 11.0 Å². The normalized spacial score (nSPS) is 19.7. The van der Waals surface area contributed by atoms with Crippen molar-refractivity contribution in [1.82, 2.24) is 9.36 Å². The molecule has 0 bridgehead atoms. The molecule has 0 fully saturated rings. The number of allylic oxidation sites excluding steroid dienone is 2. The summed E-state index contributed by atoms with van der Waals surface area (Å²) in [4.78, 5) is 33.6. The number of para-hydroxylation sites is 1. The molecule has 0 amide bonds. The lowest BCUT2D eigenvalue weighted by Gasteiger charge is -2.31. The summed E-state index contributed by atoms with van der Waals surface area (Å²) in [5.41, 5.74) is 2.15. The number of nitrogens with zero attached hydrogens (tertiary/aromatic N) is 4. The fourth-order valence-electron chi connectivity index (χ4n) is 3.64. The Bertz CT molecular complexity index is 1060. The first-order chi connectivity index (χ1) is 14.7. The number of aromatic nitrogens is 2. The fraction of sp³-hybridized carbons (Fsp3) is 0.429. The number of methoxy groups -OCH3 is 1. The Kier molecular flexibility index (Phi) is 6.91. The van der Waals surface area contributed by atoms with E-state index in [1.807, 2.05) is 6.92 Å². The maximum Gasteiger partial charge on any atom is 0.315 e. The van der Waals surface area contributed by atoms with Gasteiger partial charge in [-0.05, 0) is 39.2 Å². The van der Waals surface area contributed by atoms with Crippen molar-refractivity contribution in [3.63, 3.8) is 0 Å². The number of nitro groups is 1. The summed E-state index contributed by atoms with van der Waals surface area (Å²) >= 11 is 1.18. The Morgan fingerprint density at radius 1 is 1.29 bits per heavy atom. The molecule has 0 spiro atoms. The van der Waals surface area contributed by atoms with Crippen molar-refractivity contribution in [3.8, 4) is 0 Å². The molecule has 1 aromatic heterocycles. The van der Waals surface area contributed by atoms with Gasteiger partial charge in [0.1, 0.15) is 23.4 Å². The zero-order valence-corrected chi connectivity index (χ0v) is 18.8. The van der Waals surface area contributed by atoms with E-state index in [0.29, 0.717) is 33.4 Å². The highest BCUT2D eigenvalue weighted by Gasteiger charge is 2.43. The van der Waals surface area contributed by atoms with Crippen molar-refractivity contribution in [2.24, 2.45) is 10.9 Å². The van der Waals surface area contributed by atoms with Gasteiger partial charge in [0.25, 0.3) is 5.69 Å². The van der Waals surface area contributed by atoms with Crippen LogP contribution < -0.4 is 0 Å². The van der Waals surface area contributed by atoms with E-state index >= 15 is 0 Å². The number of carbonyl (C=O) groups excluding carboxylic acids is 1. The van der Waals surface area contributed by atoms with Gasteiger partial charge in [0.15, 0.2) is 0 Å². The van der Waals surface area contributed by atoms with Crippen LogP contribution in [0, 0.1) is 23.0 Å². The number of esters is 1. The molecule has 1 aliphatic heterocycles. The smallest absolute Gasteiger partial charge is 0.315 e. The number of aryl methyl sites for hydroxylation is 1. The summed E-state index contributed by atoms with van der Waals surface area (Å²) in [6.07, 6.45) is -0.281. The zero-order chi connectivity index (χ0) is 22.7. The Hall–Kier alpha value is -2.98. The first-order valence-corrected chi connectivity index (χ1v) is 10.5. The van der Waals surface area contributed by atoms with E-state index in [0.717, 1.165) is 0 Å². The van der Waals surface area contributed by atoms with Gasteiger partial charge >= 0.3 is 5.97 Å². The number of aliphatic imine (C=N–C) groups is 1. The second-order valence-corrected chi connectivity index (χ2v) is 8.10. The Balaban J connectivity index is 2.17. The van der Waals surface area contributed by atoms with Crippen LogP contribution in [0.3, 0.4) is 0 Å². The van der Waals surface area contributed by atoms with Crippen LogP contribution in [0.25, 0.3) is 5.57 Å². The van der Waals surface area contributed by atoms with Crippen LogP contribution in [-0.2, 0) is 14.3 Å². The molecular formula is C21H24N4O5S. The molecule has 0 radical (unpaired) electrons. The van der Waals surface area contributed by atoms with E-state index in [1.54, 1.807) is 39.0 Å². The van der Waals surface area contributed by atoms with Gasteiger partial charge in [0, 0.05) is 41.6 Å². The molecule has 0 saturated heterocycles. The lowest BCUT2D eigenvalue weighted by atomic mass is 9.75. The average Bonchev–Trinajstić information content (AvgIpc) is 3.16. The fourth-order valence-corrected chi connectivity index (χ4v) is 4.44. The van der Waals surface area contributed by atoms with Crippen LogP contribution in [0.5, 0.6) is 0 Å². The maximum atomic E-state index is 13.2. The van der Waals surface area contributed by atoms with Crippen molar-refractivity contribution in [3.05, 3.63) is 56.5 Å². The largest absolute Gasteiger partial charge is 0.462 e. The highest BCUT2D eigenvalue weighted by Crippen LogP contribution is 2.47. The third-order valence-electron chi connectivity index (χ3n) is 5.17. The highest BCUT2D eigenvalue weighted by atomic mass is 32.1. The number of hydrogen-bond acceptors (Lipinski definition) is 9. The number of hydrogen-bond donors (Lipinski definition) is 0. The van der Waals surface area contributed by atoms with Gasteiger partial charge in [-0.3, -0.25) is 19.9 Å². The third kappa shape index (κ3) is 4.70. The minimum atomic E-state index is -0.840. The van der Waals surface area contributed by atoms with Crippen LogP contribution in [0.4, 0.5) is 5.69 Å². The molecule has 0 aliphatic carbocycles. The monoisotopic (exact) mass is 444 g/mol. The molecule has 164 valence electrons. The molecule has 3 atom stereocenters. The van der Waals surface area contributed by atoms with E-state index in [2.05, 4.69) is 14.3 Å². The lowest BCUT2D eigenvalue weighted by Crippen LogP contribution is -2.35. The van der Waals surface area contributed by atoms with Gasteiger partial charge in [0.2, 0.25) is 0 Å². The van der Waals surface area contributed by atoms with Crippen molar-refractivity contribution in [1.29, 1.82) is 0 Å². The number of benzene rings is 1. The van der Waals surface area contributed by atoms with Gasteiger partial charge in [-0.15, -0.1) is 0 Å². The molecule has 2 heterocycles. The topological polar surface area (TPSA) is 117 Å². The van der Waals surface area contributed by atoms with Gasteiger partial charge in [-0.2, -0.15) is 4.37 Å². The molecule has 10 heteroatoms. The molecule has 2 aromatic rings. The van der Waals surface area contributed by atoms with Crippen molar-refractivity contribution in [2.45, 2.75) is 39.7 Å². The SMILES string of the molecule is COC(C)COC(=O)C1C(C)=NC(C)=C(c2nc(C)ns2)C1c1ccccc1[N+](=O)[O-]. The van der Waals surface area contributed by atoms with Crippen LogP contribution in [-0.4, -0.2) is 45.8 Å². The standard InChI is InChI=1S/C21H24N4O5S/c1-11(29-5)10-30-21(26)18-13(3)22-12(2)17(20-23-14(4)24-31-20)19(18)15-8-6-7-9-16(15)25(27)28/h6-9,11,18-19H,10H2,1-5H3. The Morgan fingerprint density at radius 2 is 2.00 bits per heavy atom. The minimum absolute atomic E-state index is 0.0681. The lowest BCUT2D eigenvalue weighted by molar-refractivity contribution is -0.385. The summed E-state index contributed by atoms with van der Waals surface area (Å²) in [5.74, 6) is -1.45. The number of carbonyl (C=O) groups is 1. The van der Waals surface area contributed by atoms with Crippen LogP contribution in [0.2, 0.25) is 0 Å². The summed E-state index contributed by atoms with van der Waals surface area (Å²) in [7, 11) is 1.53. The molecule has 31 heavy (non-hydrogen) atoms. The van der Waals surface area contributed by atoms with E-state index in [9.17, 15) is 14.9 Å². The molecule has 1 aromatic carbocycles. The molecule has 0 saturated carbocycles. The van der Waals surface area contributed by atoms with Crippen molar-refractivity contribution >= 4 is 34.5 Å². The third-order valence-corrected chi connectivity index (χ3v) is 6.01. The maximum absolute atomic E-state index is 13.2. The molecule has 3 rings (SSSR count). The van der Waals surface area contributed by atoms with Gasteiger partial charge in [-0.1, -0.05) is 18.2 Å². The Morgan fingerprint density at radius 3 is 2.61 bits per heavy atom. The predicted octanol–water partition coefficient (Wildman–Crippen LogP) is 3.94. The van der Waals surface area contributed by atoms with Crippen molar-refractivity contribution < 1.29 is 19.2 Å². The first kappa shape index (κ1) is 22.7. The number of nitro benzene ring substituents is 1. The van der Waals surface area contributed by atoms with Crippen LogP contribution >= 0.6 is 11.5 Å². The first-order valence-electron chi connectivity index (χ1n) is 9.74. The average molecular weight is 445 g/mol. The highest BCUT2D eigenvalue weighted by molar-refractivity contribution is 7.06. The number of rotatable bonds is 7. The molecule has 9 nitrogen and oxygen atoms in total.